The third kappa shape index (κ3) is 4.93. The van der Waals surface area contributed by atoms with Crippen molar-refractivity contribution in [3.63, 3.8) is 0 Å². The Morgan fingerprint density at radius 3 is 2.16 bits per heavy atom. The molecule has 0 aliphatic rings. The zero-order valence-electron chi connectivity index (χ0n) is 21.8. The highest BCUT2D eigenvalue weighted by Crippen LogP contribution is 2.28. The Morgan fingerprint density at radius 1 is 0.816 bits per heavy atom. The summed E-state index contributed by atoms with van der Waals surface area (Å²) in [4.78, 5) is 30.7. The topological polar surface area (TPSA) is 70.4 Å². The molecule has 6 nitrogen and oxygen atoms in total. The molecule has 0 bridgehead atoms. The number of esters is 1. The minimum Gasteiger partial charge on any atom is -0.497 e. The average Bonchev–Trinajstić information content (AvgIpc) is 3.28. The van der Waals surface area contributed by atoms with Crippen molar-refractivity contribution in [3.8, 4) is 22.7 Å². The van der Waals surface area contributed by atoms with Gasteiger partial charge in [0.25, 0.3) is 0 Å². The molecule has 0 aliphatic carbocycles. The van der Waals surface area contributed by atoms with Gasteiger partial charge in [0.1, 0.15) is 5.75 Å². The fourth-order valence-electron chi connectivity index (χ4n) is 4.58. The van der Waals surface area contributed by atoms with E-state index >= 15 is 0 Å². The maximum Gasteiger partial charge on any atom is 0.339 e. The van der Waals surface area contributed by atoms with Crippen LogP contribution in [0.2, 0.25) is 0 Å². The highest BCUT2D eigenvalue weighted by Gasteiger charge is 2.18. The molecule has 0 unspecified atom stereocenters. The molecule has 0 spiro atoms. The lowest BCUT2D eigenvalue weighted by molar-refractivity contribution is 0.0476. The highest BCUT2D eigenvalue weighted by atomic mass is 16.5. The number of ketones is 1. The van der Waals surface area contributed by atoms with E-state index in [9.17, 15) is 9.59 Å². The standard InChI is InChI=1S/C32H28N2O4/c1-20-5-16-29-27(17-20)28(32(36)38-19-31(35)24-10-14-26(37-4)15-11-24)18-30(33-29)23-8-12-25(13-9-23)34-21(2)6-7-22(34)3/h5-18H,19H2,1-4H3. The number of benzene rings is 3. The van der Waals surface area contributed by atoms with E-state index in [2.05, 4.69) is 30.5 Å². The van der Waals surface area contributed by atoms with E-state index in [1.54, 1.807) is 37.4 Å². The zero-order chi connectivity index (χ0) is 26.8. The molecule has 0 aliphatic heterocycles. The number of Topliss-reactive ketones (excluding diaryl/α,β-unsaturated/α-hetero) is 1. The monoisotopic (exact) mass is 504 g/mol. The normalized spacial score (nSPS) is 10.9. The predicted molar refractivity (Wildman–Crippen MR) is 148 cm³/mol. The Kier molecular flexibility index (Phi) is 6.79. The van der Waals surface area contributed by atoms with Crippen molar-refractivity contribution < 1.29 is 19.1 Å². The van der Waals surface area contributed by atoms with Crippen LogP contribution in [0.4, 0.5) is 0 Å². The summed E-state index contributed by atoms with van der Waals surface area (Å²) in [5.74, 6) is -0.209. The summed E-state index contributed by atoms with van der Waals surface area (Å²) in [6.07, 6.45) is 0. The summed E-state index contributed by atoms with van der Waals surface area (Å²) in [5, 5.41) is 0.686. The molecule has 38 heavy (non-hydrogen) atoms. The second-order valence-corrected chi connectivity index (χ2v) is 9.30. The van der Waals surface area contributed by atoms with Crippen LogP contribution >= 0.6 is 0 Å². The molecule has 6 heteroatoms. The van der Waals surface area contributed by atoms with E-state index in [0.717, 1.165) is 28.2 Å². The lowest BCUT2D eigenvalue weighted by Gasteiger charge is -2.12. The molecule has 5 aromatic rings. The molecule has 3 aromatic carbocycles. The van der Waals surface area contributed by atoms with Gasteiger partial charge in [0.2, 0.25) is 0 Å². The molecule has 0 radical (unpaired) electrons. The lowest BCUT2D eigenvalue weighted by atomic mass is 10.0. The second-order valence-electron chi connectivity index (χ2n) is 9.30. The molecule has 2 heterocycles. The SMILES string of the molecule is COc1ccc(C(=O)COC(=O)c2cc(-c3ccc(-n4c(C)ccc4C)cc3)nc3ccc(C)cc23)cc1. The van der Waals surface area contributed by atoms with Crippen LogP contribution in [0.3, 0.4) is 0 Å². The molecule has 0 saturated heterocycles. The minimum atomic E-state index is -0.568. The number of fused-ring (bicyclic) bond motifs is 1. The number of hydrogen-bond acceptors (Lipinski definition) is 5. The molecule has 0 saturated carbocycles. The number of aryl methyl sites for hydroxylation is 3. The maximum absolute atomic E-state index is 13.2. The van der Waals surface area contributed by atoms with Gasteiger partial charge in [0.05, 0.1) is 23.9 Å². The van der Waals surface area contributed by atoms with Gasteiger partial charge >= 0.3 is 5.97 Å². The van der Waals surface area contributed by atoms with Crippen molar-refractivity contribution in [1.82, 2.24) is 9.55 Å². The molecule has 0 amide bonds. The summed E-state index contributed by atoms with van der Waals surface area (Å²) in [6.45, 7) is 5.75. The first-order valence-electron chi connectivity index (χ1n) is 12.4. The van der Waals surface area contributed by atoms with Crippen LogP contribution in [-0.2, 0) is 4.74 Å². The average molecular weight is 505 g/mol. The van der Waals surface area contributed by atoms with Gasteiger partial charge in [-0.2, -0.15) is 0 Å². The number of rotatable bonds is 7. The highest BCUT2D eigenvalue weighted by molar-refractivity contribution is 6.06. The van der Waals surface area contributed by atoms with E-state index < -0.39 is 5.97 Å². The van der Waals surface area contributed by atoms with E-state index in [1.807, 2.05) is 49.4 Å². The van der Waals surface area contributed by atoms with Gasteiger partial charge in [-0.3, -0.25) is 4.79 Å². The molecule has 0 fully saturated rings. The quantitative estimate of drug-likeness (QED) is 0.183. The predicted octanol–water partition coefficient (Wildman–Crippen LogP) is 6.67. The van der Waals surface area contributed by atoms with Gasteiger partial charge < -0.3 is 14.0 Å². The van der Waals surface area contributed by atoms with Crippen LogP contribution < -0.4 is 4.74 Å². The molecular formula is C32H28N2O4. The van der Waals surface area contributed by atoms with Crippen LogP contribution in [0.5, 0.6) is 5.75 Å². The van der Waals surface area contributed by atoms with Crippen molar-refractivity contribution in [2.24, 2.45) is 0 Å². The van der Waals surface area contributed by atoms with Crippen LogP contribution in [0.25, 0.3) is 27.8 Å². The van der Waals surface area contributed by atoms with E-state index in [4.69, 9.17) is 14.5 Å². The molecule has 0 atom stereocenters. The van der Waals surface area contributed by atoms with E-state index in [-0.39, 0.29) is 12.4 Å². The van der Waals surface area contributed by atoms with Crippen LogP contribution in [0.1, 0.15) is 37.7 Å². The number of ether oxygens (including phenoxy) is 2. The van der Waals surface area contributed by atoms with Crippen molar-refractivity contribution in [3.05, 3.63) is 113 Å². The van der Waals surface area contributed by atoms with Gasteiger partial charge in [-0.15, -0.1) is 0 Å². The van der Waals surface area contributed by atoms with Crippen molar-refractivity contribution in [2.45, 2.75) is 20.8 Å². The fourth-order valence-corrected chi connectivity index (χ4v) is 4.58. The molecule has 0 N–H and O–H groups in total. The van der Waals surface area contributed by atoms with Gasteiger partial charge in [-0.25, -0.2) is 9.78 Å². The van der Waals surface area contributed by atoms with Crippen LogP contribution in [0.15, 0.2) is 84.9 Å². The number of hydrogen-bond donors (Lipinski definition) is 0. The number of nitrogens with zero attached hydrogens (tertiary/aromatic N) is 2. The van der Waals surface area contributed by atoms with Crippen molar-refractivity contribution in [1.29, 1.82) is 0 Å². The first-order valence-corrected chi connectivity index (χ1v) is 12.4. The van der Waals surface area contributed by atoms with Gasteiger partial charge in [0, 0.05) is 33.6 Å². The number of methoxy groups -OCH3 is 1. The zero-order valence-corrected chi connectivity index (χ0v) is 21.8. The number of carbonyl (C=O) groups excluding carboxylic acids is 2. The Hall–Kier alpha value is -4.71. The first kappa shape index (κ1) is 25.0. The number of carbonyl (C=O) groups is 2. The third-order valence-corrected chi connectivity index (χ3v) is 6.62. The van der Waals surface area contributed by atoms with E-state index in [1.165, 1.54) is 0 Å². The first-order chi connectivity index (χ1) is 18.3. The Labute approximate surface area is 221 Å². The van der Waals surface area contributed by atoms with Crippen LogP contribution in [0, 0.1) is 20.8 Å². The summed E-state index contributed by atoms with van der Waals surface area (Å²) in [7, 11) is 1.56. The maximum atomic E-state index is 13.2. The third-order valence-electron chi connectivity index (χ3n) is 6.62. The molecular weight excluding hydrogens is 476 g/mol. The minimum absolute atomic E-state index is 0.290. The number of aromatic nitrogens is 2. The fraction of sp³-hybridized carbons (Fsp3) is 0.156. The van der Waals surface area contributed by atoms with Gasteiger partial charge in [-0.1, -0.05) is 23.8 Å². The summed E-state index contributed by atoms with van der Waals surface area (Å²) < 4.78 is 12.8. The summed E-state index contributed by atoms with van der Waals surface area (Å²) >= 11 is 0. The lowest BCUT2D eigenvalue weighted by Crippen LogP contribution is -2.15. The largest absolute Gasteiger partial charge is 0.497 e. The molecule has 5 rings (SSSR count). The smallest absolute Gasteiger partial charge is 0.339 e. The second kappa shape index (κ2) is 10.3. The summed E-state index contributed by atoms with van der Waals surface area (Å²) in [5.41, 5.74) is 7.40. The molecule has 2 aromatic heterocycles. The van der Waals surface area contributed by atoms with Crippen molar-refractivity contribution in [2.75, 3.05) is 13.7 Å². The van der Waals surface area contributed by atoms with E-state index in [0.29, 0.717) is 33.5 Å². The van der Waals surface area contributed by atoms with Crippen molar-refractivity contribution >= 4 is 22.7 Å². The van der Waals surface area contributed by atoms with Crippen LogP contribution in [-0.4, -0.2) is 35.0 Å². The Morgan fingerprint density at radius 2 is 1.50 bits per heavy atom. The summed E-state index contributed by atoms with van der Waals surface area (Å²) in [6, 6.07) is 26.5. The van der Waals surface area contributed by atoms with Gasteiger partial charge in [-0.05, 0) is 87.5 Å². The Balaban J connectivity index is 1.44. The Bertz CT molecular complexity index is 1630. The van der Waals surface area contributed by atoms with Gasteiger partial charge in [0.15, 0.2) is 12.4 Å². The number of pyridine rings is 1. The molecule has 190 valence electrons.